The predicted octanol–water partition coefficient (Wildman–Crippen LogP) is 3.56. The van der Waals surface area contributed by atoms with Gasteiger partial charge in [-0.1, -0.05) is 11.6 Å². The molecule has 18 heteroatoms. The van der Waals surface area contributed by atoms with Gasteiger partial charge in [0.1, 0.15) is 18.0 Å². The number of ether oxygens (including phenoxy) is 4. The number of halogens is 4. The second kappa shape index (κ2) is 11.7. The van der Waals surface area contributed by atoms with Crippen LogP contribution in [-0.2, 0) is 19.5 Å². The lowest BCUT2D eigenvalue weighted by molar-refractivity contribution is -0.276. The van der Waals surface area contributed by atoms with Gasteiger partial charge in [0.25, 0.3) is 5.88 Å². The van der Waals surface area contributed by atoms with Gasteiger partial charge >= 0.3 is 6.36 Å². The van der Waals surface area contributed by atoms with Crippen molar-refractivity contribution >= 4 is 27.6 Å². The number of sulfonamides is 1. The van der Waals surface area contributed by atoms with Gasteiger partial charge in [-0.3, -0.25) is 9.29 Å². The molecule has 0 aromatic carbocycles. The third kappa shape index (κ3) is 6.54. The van der Waals surface area contributed by atoms with Gasteiger partial charge in [0.05, 0.1) is 29.3 Å². The second-order valence-electron chi connectivity index (χ2n) is 8.90. The molecule has 0 saturated carbocycles. The number of fused-ring (bicyclic) bond motifs is 3. The molecule has 0 bridgehead atoms. The molecule has 1 aliphatic heterocycles. The van der Waals surface area contributed by atoms with E-state index in [0.717, 1.165) is 6.20 Å². The van der Waals surface area contributed by atoms with Crippen molar-refractivity contribution in [3.63, 3.8) is 0 Å². The maximum absolute atomic E-state index is 13.6. The Morgan fingerprint density at radius 3 is 2.52 bits per heavy atom. The Bertz CT molecular complexity index is 1440. The number of nitrogens with zero attached hydrogens (tertiary/aromatic N) is 6. The Morgan fingerprint density at radius 2 is 1.90 bits per heavy atom. The van der Waals surface area contributed by atoms with E-state index in [1.165, 1.54) is 37.1 Å². The van der Waals surface area contributed by atoms with Crippen LogP contribution in [0.5, 0.6) is 11.6 Å². The summed E-state index contributed by atoms with van der Waals surface area (Å²) >= 11 is 5.88. The van der Waals surface area contributed by atoms with Crippen LogP contribution in [0.25, 0.3) is 11.4 Å². The van der Waals surface area contributed by atoms with E-state index in [1.54, 1.807) is 13.8 Å². The molecule has 3 aromatic heterocycles. The second-order valence-corrected chi connectivity index (χ2v) is 11.4. The Hall–Kier alpha value is -3.28. The highest BCUT2D eigenvalue weighted by Crippen LogP contribution is 2.42. The maximum Gasteiger partial charge on any atom is 0.574 e. The summed E-state index contributed by atoms with van der Waals surface area (Å²) in [6, 6.07) is 0.593. The first-order chi connectivity index (χ1) is 18.8. The highest BCUT2D eigenvalue weighted by molar-refractivity contribution is 7.93. The van der Waals surface area contributed by atoms with Crippen molar-refractivity contribution in [2.24, 2.45) is 0 Å². The first kappa shape index (κ1) is 29.7. The van der Waals surface area contributed by atoms with Gasteiger partial charge in [0.2, 0.25) is 16.0 Å². The molecule has 40 heavy (non-hydrogen) atoms. The van der Waals surface area contributed by atoms with Crippen LogP contribution in [0, 0.1) is 0 Å². The van der Waals surface area contributed by atoms with E-state index >= 15 is 0 Å². The topological polar surface area (TPSA) is 152 Å². The highest BCUT2D eigenvalue weighted by atomic mass is 35.5. The minimum absolute atomic E-state index is 0.00495. The molecule has 0 fully saturated rings. The molecule has 3 aromatic rings. The zero-order valence-corrected chi connectivity index (χ0v) is 23.2. The standard InChI is InChI=1S/C22H25ClF3N7O6S/c1-11(2)38-16(18-28-7-13(23)8-29-18)12(3)40(34,35)32-21-31-30-19-15-5-6-27-20(39-22(24,25)26)17(15)37-10-14(9-36-4)33(19)21/h5-8,11-12,14,16H,9-10H2,1-4H3,(H,31,32)/t12-,14-,16+/m0/s1. The van der Waals surface area contributed by atoms with Gasteiger partial charge < -0.3 is 18.9 Å². The zero-order chi connectivity index (χ0) is 29.2. The SMILES string of the molecule is COC[C@H]1COc2c(ccnc2OC(F)(F)F)-c2nnc(NS(=O)(=O)[C@@H](C)[C@@H](OC(C)C)c3ncc(Cl)cn3)n21. The number of hydrogen-bond donors (Lipinski definition) is 1. The van der Waals surface area contributed by atoms with E-state index in [4.69, 9.17) is 25.8 Å². The third-order valence-electron chi connectivity index (χ3n) is 5.63. The summed E-state index contributed by atoms with van der Waals surface area (Å²) in [6.45, 7) is 4.60. The molecule has 0 unspecified atom stereocenters. The Balaban J connectivity index is 1.73. The molecule has 0 aliphatic carbocycles. The van der Waals surface area contributed by atoms with Gasteiger partial charge in [0, 0.05) is 25.7 Å². The molecule has 0 radical (unpaired) electrons. The Kier molecular flexibility index (Phi) is 8.67. The summed E-state index contributed by atoms with van der Waals surface area (Å²) in [4.78, 5) is 11.9. The monoisotopic (exact) mass is 607 g/mol. The van der Waals surface area contributed by atoms with Crippen molar-refractivity contribution < 1.29 is 40.5 Å². The van der Waals surface area contributed by atoms with E-state index < -0.39 is 39.7 Å². The zero-order valence-electron chi connectivity index (χ0n) is 21.6. The fraction of sp³-hybridized carbons (Fsp3) is 0.500. The Morgan fingerprint density at radius 1 is 1.20 bits per heavy atom. The molecule has 1 N–H and O–H groups in total. The fourth-order valence-corrected chi connectivity index (χ4v) is 5.10. The minimum atomic E-state index is -5.03. The van der Waals surface area contributed by atoms with Crippen LogP contribution >= 0.6 is 11.6 Å². The number of alkyl halides is 3. The van der Waals surface area contributed by atoms with E-state index in [2.05, 4.69) is 34.6 Å². The van der Waals surface area contributed by atoms with Crippen LogP contribution in [0.2, 0.25) is 5.02 Å². The molecule has 4 rings (SSSR count). The lowest BCUT2D eigenvalue weighted by Crippen LogP contribution is -2.35. The smallest absolute Gasteiger partial charge is 0.485 e. The quantitative estimate of drug-likeness (QED) is 0.360. The number of nitrogens with one attached hydrogen (secondary N) is 1. The van der Waals surface area contributed by atoms with Crippen molar-refractivity contribution in [2.75, 3.05) is 25.0 Å². The number of hydrogen-bond acceptors (Lipinski definition) is 11. The van der Waals surface area contributed by atoms with Crippen molar-refractivity contribution in [2.45, 2.75) is 50.6 Å². The highest BCUT2D eigenvalue weighted by Gasteiger charge is 2.39. The van der Waals surface area contributed by atoms with E-state index in [9.17, 15) is 21.6 Å². The summed E-state index contributed by atoms with van der Waals surface area (Å²) in [5.74, 6) is -1.29. The van der Waals surface area contributed by atoms with Gasteiger partial charge in [-0.05, 0) is 26.8 Å². The van der Waals surface area contributed by atoms with Crippen molar-refractivity contribution in [1.82, 2.24) is 29.7 Å². The van der Waals surface area contributed by atoms with Crippen LogP contribution in [-0.4, -0.2) is 76.2 Å². The lowest BCUT2D eigenvalue weighted by Gasteiger charge is -2.26. The van der Waals surface area contributed by atoms with Gasteiger partial charge in [0.15, 0.2) is 17.4 Å². The van der Waals surface area contributed by atoms with Crippen molar-refractivity contribution in [1.29, 1.82) is 0 Å². The normalized spacial score (nSPS) is 16.9. The summed E-state index contributed by atoms with van der Waals surface area (Å²) < 4.78 is 90.7. The predicted molar refractivity (Wildman–Crippen MR) is 134 cm³/mol. The van der Waals surface area contributed by atoms with Gasteiger partial charge in [-0.2, -0.15) is 0 Å². The molecule has 1 aliphatic rings. The number of anilines is 1. The van der Waals surface area contributed by atoms with Crippen LogP contribution in [0.4, 0.5) is 19.1 Å². The number of aromatic nitrogens is 6. The molecule has 13 nitrogen and oxygen atoms in total. The van der Waals surface area contributed by atoms with Crippen molar-refractivity contribution in [3.05, 3.63) is 35.5 Å². The van der Waals surface area contributed by atoms with Crippen molar-refractivity contribution in [3.8, 4) is 23.0 Å². The maximum atomic E-state index is 13.6. The van der Waals surface area contributed by atoms with Crippen LogP contribution in [0.1, 0.15) is 38.7 Å². The van der Waals surface area contributed by atoms with Gasteiger partial charge in [-0.25, -0.2) is 23.4 Å². The van der Waals surface area contributed by atoms with Crippen LogP contribution in [0.15, 0.2) is 24.7 Å². The summed E-state index contributed by atoms with van der Waals surface area (Å²) in [7, 11) is -2.86. The number of methoxy groups -OCH3 is 1. The summed E-state index contributed by atoms with van der Waals surface area (Å²) in [5, 5.41) is 7.05. The van der Waals surface area contributed by atoms with Gasteiger partial charge in [-0.15, -0.1) is 23.4 Å². The van der Waals surface area contributed by atoms with E-state index in [1.807, 2.05) is 0 Å². The van der Waals surface area contributed by atoms with Crippen LogP contribution in [0.3, 0.4) is 0 Å². The first-order valence-corrected chi connectivity index (χ1v) is 13.7. The van der Waals surface area contributed by atoms with E-state index in [-0.39, 0.29) is 53.3 Å². The minimum Gasteiger partial charge on any atom is -0.485 e. The molecule has 0 spiro atoms. The third-order valence-corrected chi connectivity index (χ3v) is 7.52. The molecule has 0 amide bonds. The molecule has 0 saturated heterocycles. The fourth-order valence-electron chi connectivity index (χ4n) is 3.91. The Labute approximate surface area is 232 Å². The molecule has 218 valence electrons. The lowest BCUT2D eigenvalue weighted by atomic mass is 10.2. The molecule has 4 heterocycles. The largest absolute Gasteiger partial charge is 0.574 e. The summed E-state index contributed by atoms with van der Waals surface area (Å²) in [6.07, 6.45) is -2.78. The molecular weight excluding hydrogens is 583 g/mol. The number of rotatable bonds is 10. The average molecular weight is 608 g/mol. The van der Waals surface area contributed by atoms with E-state index in [0.29, 0.717) is 0 Å². The molecule has 3 atom stereocenters. The van der Waals surface area contributed by atoms with Crippen LogP contribution < -0.4 is 14.2 Å². The first-order valence-electron chi connectivity index (χ1n) is 11.8. The molecular formula is C22H25ClF3N7O6S. The summed E-state index contributed by atoms with van der Waals surface area (Å²) in [5.41, 5.74) is 0.0504. The number of pyridine rings is 1. The average Bonchev–Trinajstić information content (AvgIpc) is 3.19.